The number of carbonyl (C=O) groups is 3. The van der Waals surface area contributed by atoms with Crippen LogP contribution in [0.25, 0.3) is 0 Å². The number of aromatic nitrogens is 1. The molecule has 0 saturated heterocycles. The summed E-state index contributed by atoms with van der Waals surface area (Å²) in [7, 11) is 1.74. The molecule has 210 valence electrons. The molecule has 39 heavy (non-hydrogen) atoms. The molecule has 10 nitrogen and oxygen atoms in total. The molecule has 1 aromatic carbocycles. The number of aliphatic hydroxyl groups is 1. The van der Waals surface area contributed by atoms with Crippen LogP contribution >= 0.6 is 0 Å². The summed E-state index contributed by atoms with van der Waals surface area (Å²) in [6, 6.07) is 7.83. The van der Waals surface area contributed by atoms with Crippen molar-refractivity contribution in [1.82, 2.24) is 20.1 Å². The van der Waals surface area contributed by atoms with E-state index in [-0.39, 0.29) is 54.3 Å². The second-order valence-electron chi connectivity index (χ2n) is 10.7. The fourth-order valence-corrected chi connectivity index (χ4v) is 5.14. The van der Waals surface area contributed by atoms with Crippen molar-refractivity contribution in [2.45, 2.75) is 64.1 Å². The van der Waals surface area contributed by atoms with E-state index in [0.29, 0.717) is 17.8 Å². The monoisotopic (exact) mass is 537 g/mol. The summed E-state index contributed by atoms with van der Waals surface area (Å²) in [4.78, 5) is 46.9. The van der Waals surface area contributed by atoms with E-state index in [2.05, 4.69) is 15.6 Å². The first-order valence-electron chi connectivity index (χ1n) is 13.7. The van der Waals surface area contributed by atoms with E-state index in [1.54, 1.807) is 54.1 Å². The van der Waals surface area contributed by atoms with Crippen LogP contribution in [-0.4, -0.2) is 82.7 Å². The fraction of sp³-hybridized carbons (Fsp3) is 0.517. The first kappa shape index (κ1) is 28.4. The van der Waals surface area contributed by atoms with Crippen molar-refractivity contribution in [3.8, 4) is 5.75 Å². The van der Waals surface area contributed by atoms with Crippen molar-refractivity contribution in [3.05, 3.63) is 53.9 Å². The van der Waals surface area contributed by atoms with Crippen molar-refractivity contribution in [3.63, 3.8) is 0 Å². The van der Waals surface area contributed by atoms with Crippen LogP contribution in [0.3, 0.4) is 0 Å². The summed E-state index contributed by atoms with van der Waals surface area (Å²) < 4.78 is 6.50. The highest BCUT2D eigenvalue weighted by molar-refractivity contribution is 6.07. The van der Waals surface area contributed by atoms with Gasteiger partial charge >= 0.3 is 6.03 Å². The standard InChI is InChI=1S/C29H39N5O5/c1-19-16-34(20(2)18-35)28(37)23-10-7-11-24(32-27(36)21-12-14-30-15-13-21)26(23)39-25(19)17-33(3)29(38)31-22-8-5-4-6-9-22/h7,10-15,19-20,22,25,35H,4-6,8-9,16-18H2,1-3H3,(H,31,38)(H,32,36)/t19-,20-,25+/m1/s1. The van der Waals surface area contributed by atoms with Crippen LogP contribution in [0.4, 0.5) is 10.5 Å². The molecule has 1 fully saturated rings. The van der Waals surface area contributed by atoms with Gasteiger partial charge in [0.2, 0.25) is 0 Å². The number of pyridine rings is 1. The molecule has 0 radical (unpaired) electrons. The van der Waals surface area contributed by atoms with Gasteiger partial charge in [-0.3, -0.25) is 14.6 Å². The van der Waals surface area contributed by atoms with Gasteiger partial charge in [0.05, 0.1) is 30.4 Å². The third kappa shape index (κ3) is 6.86. The van der Waals surface area contributed by atoms with Gasteiger partial charge in [-0.05, 0) is 44.0 Å². The summed E-state index contributed by atoms with van der Waals surface area (Å²) in [6.07, 6.45) is 8.00. The number of hydrogen-bond acceptors (Lipinski definition) is 6. The number of anilines is 1. The predicted octanol–water partition coefficient (Wildman–Crippen LogP) is 3.53. The SMILES string of the molecule is C[C@@H]1CN([C@H](C)CO)C(=O)c2cccc(NC(=O)c3ccncc3)c2O[C@H]1CN(C)C(=O)NC1CCCCC1. The highest BCUT2D eigenvalue weighted by atomic mass is 16.5. The number of ether oxygens (including phenoxy) is 1. The minimum atomic E-state index is -0.480. The number of nitrogens with one attached hydrogen (secondary N) is 2. The molecule has 4 amide bonds. The van der Waals surface area contributed by atoms with Gasteiger partial charge in [-0.2, -0.15) is 0 Å². The summed E-state index contributed by atoms with van der Waals surface area (Å²) in [5.41, 5.74) is 1.06. The molecule has 3 atom stereocenters. The normalized spacial score (nSPS) is 20.6. The Morgan fingerprint density at radius 1 is 1.18 bits per heavy atom. The first-order valence-corrected chi connectivity index (χ1v) is 13.7. The number of hydrogen-bond donors (Lipinski definition) is 3. The second kappa shape index (κ2) is 12.9. The first-order chi connectivity index (χ1) is 18.8. The zero-order chi connectivity index (χ0) is 27.9. The Hall–Kier alpha value is -3.66. The molecule has 1 aromatic heterocycles. The predicted molar refractivity (Wildman–Crippen MR) is 148 cm³/mol. The summed E-state index contributed by atoms with van der Waals surface area (Å²) in [5, 5.41) is 15.9. The van der Waals surface area contributed by atoms with Gasteiger partial charge in [0, 0.05) is 43.5 Å². The van der Waals surface area contributed by atoms with Gasteiger partial charge in [-0.1, -0.05) is 32.3 Å². The van der Waals surface area contributed by atoms with E-state index < -0.39 is 12.1 Å². The Morgan fingerprint density at radius 2 is 1.90 bits per heavy atom. The van der Waals surface area contributed by atoms with Crippen molar-refractivity contribution in [2.24, 2.45) is 5.92 Å². The van der Waals surface area contributed by atoms with Crippen LogP contribution in [0.15, 0.2) is 42.7 Å². The number of aliphatic hydroxyl groups excluding tert-OH is 1. The lowest BCUT2D eigenvalue weighted by atomic mass is 9.96. The van der Waals surface area contributed by atoms with Gasteiger partial charge in [0.25, 0.3) is 11.8 Å². The average molecular weight is 538 g/mol. The molecule has 1 aliphatic carbocycles. The molecule has 2 aliphatic rings. The third-order valence-electron chi connectivity index (χ3n) is 7.62. The van der Waals surface area contributed by atoms with Crippen LogP contribution in [-0.2, 0) is 0 Å². The number of para-hydroxylation sites is 1. The quantitative estimate of drug-likeness (QED) is 0.497. The zero-order valence-corrected chi connectivity index (χ0v) is 22.9. The molecule has 4 rings (SSSR count). The Kier molecular flexibility index (Phi) is 9.40. The highest BCUT2D eigenvalue weighted by Crippen LogP contribution is 2.35. The summed E-state index contributed by atoms with van der Waals surface area (Å²) in [6.45, 7) is 4.19. The largest absolute Gasteiger partial charge is 0.485 e. The molecular weight excluding hydrogens is 498 g/mol. The molecule has 1 saturated carbocycles. The van der Waals surface area contributed by atoms with Crippen molar-refractivity contribution in [2.75, 3.05) is 32.1 Å². The van der Waals surface area contributed by atoms with Gasteiger partial charge in [0.15, 0.2) is 5.75 Å². The number of benzene rings is 1. The minimum absolute atomic E-state index is 0.157. The minimum Gasteiger partial charge on any atom is -0.485 e. The lowest BCUT2D eigenvalue weighted by Gasteiger charge is -2.38. The van der Waals surface area contributed by atoms with E-state index in [1.165, 1.54) is 18.8 Å². The van der Waals surface area contributed by atoms with Crippen LogP contribution in [0.1, 0.15) is 66.7 Å². The summed E-state index contributed by atoms with van der Waals surface area (Å²) in [5.74, 6) is -0.582. The molecule has 1 aliphatic heterocycles. The van der Waals surface area contributed by atoms with E-state index >= 15 is 0 Å². The van der Waals surface area contributed by atoms with Crippen LogP contribution in [0, 0.1) is 5.92 Å². The number of nitrogens with zero attached hydrogens (tertiary/aromatic N) is 3. The number of amides is 4. The Labute approximate surface area is 229 Å². The van der Waals surface area contributed by atoms with Gasteiger partial charge < -0.3 is 30.3 Å². The van der Waals surface area contributed by atoms with Crippen molar-refractivity contribution >= 4 is 23.5 Å². The van der Waals surface area contributed by atoms with Gasteiger partial charge in [-0.15, -0.1) is 0 Å². The maximum Gasteiger partial charge on any atom is 0.317 e. The molecule has 0 spiro atoms. The Balaban J connectivity index is 1.62. The smallest absolute Gasteiger partial charge is 0.317 e. The van der Waals surface area contributed by atoms with E-state index in [0.717, 1.165) is 25.7 Å². The molecule has 2 heterocycles. The number of rotatable bonds is 7. The van der Waals surface area contributed by atoms with Crippen LogP contribution < -0.4 is 15.4 Å². The molecular formula is C29H39N5O5. The highest BCUT2D eigenvalue weighted by Gasteiger charge is 2.35. The van der Waals surface area contributed by atoms with E-state index in [4.69, 9.17) is 4.74 Å². The van der Waals surface area contributed by atoms with Crippen LogP contribution in [0.5, 0.6) is 5.75 Å². The van der Waals surface area contributed by atoms with E-state index in [9.17, 15) is 19.5 Å². The maximum atomic E-state index is 13.6. The van der Waals surface area contributed by atoms with Crippen molar-refractivity contribution < 1.29 is 24.2 Å². The number of fused-ring (bicyclic) bond motifs is 1. The molecule has 0 unspecified atom stereocenters. The summed E-state index contributed by atoms with van der Waals surface area (Å²) >= 11 is 0. The average Bonchev–Trinajstić information content (AvgIpc) is 2.95. The fourth-order valence-electron chi connectivity index (χ4n) is 5.14. The topological polar surface area (TPSA) is 124 Å². The lowest BCUT2D eigenvalue weighted by molar-refractivity contribution is 0.0367. The van der Waals surface area contributed by atoms with Crippen LogP contribution in [0.2, 0.25) is 0 Å². The Morgan fingerprint density at radius 3 is 2.59 bits per heavy atom. The third-order valence-corrected chi connectivity index (χ3v) is 7.62. The molecule has 0 bridgehead atoms. The molecule has 2 aromatic rings. The molecule has 3 N–H and O–H groups in total. The molecule has 10 heteroatoms. The van der Waals surface area contributed by atoms with Crippen molar-refractivity contribution in [1.29, 1.82) is 0 Å². The number of urea groups is 1. The van der Waals surface area contributed by atoms with E-state index in [1.807, 2.05) is 6.92 Å². The number of likely N-dealkylation sites (N-methyl/N-ethyl adjacent to an activating group) is 1. The van der Waals surface area contributed by atoms with Gasteiger partial charge in [-0.25, -0.2) is 4.79 Å². The number of carbonyl (C=O) groups excluding carboxylic acids is 3. The maximum absolute atomic E-state index is 13.6. The lowest BCUT2D eigenvalue weighted by Crippen LogP contribution is -2.52. The second-order valence-corrected chi connectivity index (χ2v) is 10.7. The zero-order valence-electron chi connectivity index (χ0n) is 22.9. The van der Waals surface area contributed by atoms with Gasteiger partial charge in [0.1, 0.15) is 6.10 Å². The Bertz CT molecular complexity index is 1150.